The Hall–Kier alpha value is -3.72. The average molecular weight is 419 g/mol. The fourth-order valence-electron chi connectivity index (χ4n) is 2.84. The van der Waals surface area contributed by atoms with Crippen molar-refractivity contribution in [2.24, 2.45) is 0 Å². The number of rotatable bonds is 6. The van der Waals surface area contributed by atoms with Crippen molar-refractivity contribution in [2.45, 2.75) is 12.1 Å². The Kier molecular flexibility index (Phi) is 5.44. The van der Waals surface area contributed by atoms with E-state index in [1.54, 1.807) is 28.9 Å². The summed E-state index contributed by atoms with van der Waals surface area (Å²) in [6, 6.07) is 16.0. The quantitative estimate of drug-likeness (QED) is 0.282. The lowest BCUT2D eigenvalue weighted by atomic mass is 10.1. The first-order valence-corrected chi connectivity index (χ1v) is 10.1. The lowest BCUT2D eigenvalue weighted by Crippen LogP contribution is -2.15. The minimum atomic E-state index is -0.315. The van der Waals surface area contributed by atoms with Gasteiger partial charge in [0.15, 0.2) is 16.6 Å². The number of hydrogen-bond acceptors (Lipinski definition) is 6. The largest absolute Gasteiger partial charge is 0.325 e. The highest BCUT2D eigenvalue weighted by molar-refractivity contribution is 7.99. The minimum Gasteiger partial charge on any atom is -0.325 e. The number of para-hydroxylation sites is 1. The van der Waals surface area contributed by atoms with Gasteiger partial charge in [-0.25, -0.2) is 9.67 Å². The van der Waals surface area contributed by atoms with E-state index in [0.29, 0.717) is 27.4 Å². The van der Waals surface area contributed by atoms with E-state index in [-0.39, 0.29) is 23.0 Å². The van der Waals surface area contributed by atoms with E-state index in [2.05, 4.69) is 20.4 Å². The Balaban J connectivity index is 1.49. The van der Waals surface area contributed by atoms with Gasteiger partial charge in [-0.3, -0.25) is 14.4 Å². The van der Waals surface area contributed by atoms with Crippen LogP contribution < -0.4 is 10.9 Å². The highest BCUT2D eigenvalue weighted by atomic mass is 32.2. The van der Waals surface area contributed by atoms with Gasteiger partial charge in [0.25, 0.3) is 5.56 Å². The number of hydrogen-bond donors (Lipinski definition) is 2. The molecule has 0 unspecified atom stereocenters. The number of Topliss-reactive ketones (excluding diaryl/α,β-unsaturated/α-hetero) is 1. The number of benzene rings is 2. The second-order valence-electron chi connectivity index (χ2n) is 6.47. The molecule has 4 rings (SSSR count). The van der Waals surface area contributed by atoms with Crippen molar-refractivity contribution in [1.29, 1.82) is 0 Å². The zero-order valence-electron chi connectivity index (χ0n) is 16.0. The molecule has 8 nitrogen and oxygen atoms in total. The maximum atomic E-state index is 12.4. The van der Waals surface area contributed by atoms with E-state index in [1.165, 1.54) is 13.1 Å². The molecule has 0 atom stereocenters. The number of aromatic nitrogens is 4. The van der Waals surface area contributed by atoms with Gasteiger partial charge in [-0.2, -0.15) is 5.10 Å². The third-order valence-corrected chi connectivity index (χ3v) is 5.21. The zero-order valence-corrected chi connectivity index (χ0v) is 16.8. The molecule has 2 heterocycles. The number of fused-ring (bicyclic) bond motifs is 1. The normalized spacial score (nSPS) is 10.8. The maximum Gasteiger partial charge on any atom is 0.262 e. The van der Waals surface area contributed by atoms with E-state index in [1.807, 2.05) is 30.3 Å². The first kappa shape index (κ1) is 19.6. The van der Waals surface area contributed by atoms with E-state index in [9.17, 15) is 14.4 Å². The number of nitrogens with one attached hydrogen (secondary N) is 2. The first-order valence-electron chi connectivity index (χ1n) is 9.08. The summed E-state index contributed by atoms with van der Waals surface area (Å²) in [6.07, 6.45) is 1.47. The Morgan fingerprint density at radius 3 is 2.53 bits per heavy atom. The number of amides is 1. The number of carbonyl (C=O) groups excluding carboxylic acids is 2. The molecule has 0 aliphatic heterocycles. The third kappa shape index (κ3) is 4.15. The van der Waals surface area contributed by atoms with Crippen LogP contribution in [0.5, 0.6) is 0 Å². The maximum absolute atomic E-state index is 12.4. The number of thioether (sulfide) groups is 1. The van der Waals surface area contributed by atoms with Crippen molar-refractivity contribution < 1.29 is 9.59 Å². The number of ketones is 1. The third-order valence-electron chi connectivity index (χ3n) is 4.33. The van der Waals surface area contributed by atoms with Gasteiger partial charge in [0, 0.05) is 11.3 Å². The summed E-state index contributed by atoms with van der Waals surface area (Å²) in [5, 5.41) is 7.71. The van der Waals surface area contributed by atoms with Gasteiger partial charge in [0.2, 0.25) is 5.91 Å². The number of H-pyrrole nitrogens is 1. The van der Waals surface area contributed by atoms with Crippen molar-refractivity contribution in [1.82, 2.24) is 19.7 Å². The molecule has 2 N–H and O–H groups in total. The standard InChI is InChI=1S/C21H17N5O3S/c1-13(27)14-7-9-15(10-8-14)23-18(28)12-30-21-24-19-17(20(29)25-21)11-22-26(19)16-5-3-2-4-6-16/h2-11H,12H2,1H3,(H,23,28)(H,24,25,29). The molecule has 0 saturated heterocycles. The number of anilines is 1. The van der Waals surface area contributed by atoms with Gasteiger partial charge in [-0.1, -0.05) is 30.0 Å². The first-order chi connectivity index (χ1) is 14.5. The smallest absolute Gasteiger partial charge is 0.262 e. The van der Waals surface area contributed by atoms with Gasteiger partial charge < -0.3 is 10.3 Å². The lowest BCUT2D eigenvalue weighted by molar-refractivity contribution is -0.113. The summed E-state index contributed by atoms with van der Waals surface area (Å²) in [7, 11) is 0. The molecule has 9 heteroatoms. The molecule has 2 aromatic carbocycles. The van der Waals surface area contributed by atoms with Gasteiger partial charge in [-0.15, -0.1) is 0 Å². The van der Waals surface area contributed by atoms with Crippen LogP contribution in [0.2, 0.25) is 0 Å². The fraction of sp³-hybridized carbons (Fsp3) is 0.0952. The fourth-order valence-corrected chi connectivity index (χ4v) is 3.50. The van der Waals surface area contributed by atoms with E-state index >= 15 is 0 Å². The average Bonchev–Trinajstić information content (AvgIpc) is 3.18. The van der Waals surface area contributed by atoms with Crippen LogP contribution in [-0.2, 0) is 4.79 Å². The van der Waals surface area contributed by atoms with Crippen LogP contribution in [0.1, 0.15) is 17.3 Å². The van der Waals surface area contributed by atoms with E-state index < -0.39 is 0 Å². The second-order valence-corrected chi connectivity index (χ2v) is 7.43. The Morgan fingerprint density at radius 2 is 1.83 bits per heavy atom. The van der Waals surface area contributed by atoms with E-state index in [4.69, 9.17) is 0 Å². The minimum absolute atomic E-state index is 0.0383. The summed E-state index contributed by atoms with van der Waals surface area (Å²) in [5.74, 6) is -0.235. The van der Waals surface area contributed by atoms with E-state index in [0.717, 1.165) is 17.4 Å². The summed E-state index contributed by atoms with van der Waals surface area (Å²) >= 11 is 1.12. The highest BCUT2D eigenvalue weighted by Crippen LogP contribution is 2.18. The number of carbonyl (C=O) groups is 2. The van der Waals surface area contributed by atoms with Crippen LogP contribution in [0.3, 0.4) is 0 Å². The summed E-state index contributed by atoms with van der Waals surface area (Å²) < 4.78 is 1.59. The molecule has 1 amide bonds. The molecule has 0 aliphatic carbocycles. The van der Waals surface area contributed by atoms with Crippen molar-refractivity contribution in [2.75, 3.05) is 11.1 Å². The van der Waals surface area contributed by atoms with Gasteiger partial charge >= 0.3 is 0 Å². The van der Waals surface area contributed by atoms with Crippen molar-refractivity contribution in [3.05, 3.63) is 76.7 Å². The van der Waals surface area contributed by atoms with Crippen LogP contribution in [0.4, 0.5) is 5.69 Å². The molecule has 150 valence electrons. The van der Waals surface area contributed by atoms with Gasteiger partial charge in [0.1, 0.15) is 5.39 Å². The molecule has 0 radical (unpaired) electrons. The van der Waals surface area contributed by atoms with Crippen LogP contribution >= 0.6 is 11.8 Å². The summed E-state index contributed by atoms with van der Waals surface area (Å²) in [5.41, 5.74) is 2.06. The monoisotopic (exact) mass is 419 g/mol. The lowest BCUT2D eigenvalue weighted by Gasteiger charge is -2.06. The Labute approximate surface area is 175 Å². The molecule has 4 aromatic rings. The predicted molar refractivity (Wildman–Crippen MR) is 115 cm³/mol. The molecule has 30 heavy (non-hydrogen) atoms. The molecular weight excluding hydrogens is 402 g/mol. The molecular formula is C21H17N5O3S. The van der Waals surface area contributed by atoms with Crippen LogP contribution in [0.15, 0.2) is 70.7 Å². The molecule has 0 fully saturated rings. The Morgan fingerprint density at radius 1 is 1.10 bits per heavy atom. The van der Waals surface area contributed by atoms with Crippen molar-refractivity contribution in [3.8, 4) is 5.69 Å². The Bertz CT molecular complexity index is 1280. The summed E-state index contributed by atoms with van der Waals surface area (Å²) in [6.45, 7) is 1.48. The molecule has 0 spiro atoms. The van der Waals surface area contributed by atoms with Gasteiger partial charge in [-0.05, 0) is 43.3 Å². The van der Waals surface area contributed by atoms with Crippen LogP contribution in [0, 0.1) is 0 Å². The molecule has 2 aromatic heterocycles. The summed E-state index contributed by atoms with van der Waals surface area (Å²) in [4.78, 5) is 43.1. The topological polar surface area (TPSA) is 110 Å². The highest BCUT2D eigenvalue weighted by Gasteiger charge is 2.13. The predicted octanol–water partition coefficient (Wildman–Crippen LogP) is 3.04. The molecule has 0 saturated carbocycles. The number of aromatic amines is 1. The number of nitrogens with zero attached hydrogens (tertiary/aromatic N) is 3. The zero-order chi connectivity index (χ0) is 21.1. The van der Waals surface area contributed by atoms with Crippen molar-refractivity contribution >= 4 is 40.2 Å². The molecule has 0 bridgehead atoms. The second kappa shape index (κ2) is 8.34. The SMILES string of the molecule is CC(=O)c1ccc(NC(=O)CSc2nc3c(cnn3-c3ccccc3)c(=O)[nH]2)cc1. The molecule has 0 aliphatic rings. The van der Waals surface area contributed by atoms with Crippen molar-refractivity contribution in [3.63, 3.8) is 0 Å². The van der Waals surface area contributed by atoms with Gasteiger partial charge in [0.05, 0.1) is 17.6 Å². The van der Waals surface area contributed by atoms with Crippen LogP contribution in [0.25, 0.3) is 16.7 Å². The van der Waals surface area contributed by atoms with Crippen LogP contribution in [-0.4, -0.2) is 37.2 Å².